The minimum atomic E-state index is -0.228. The Labute approximate surface area is 104 Å². The Balaban J connectivity index is 2.32. The molecule has 0 saturated heterocycles. The molecule has 0 amide bonds. The zero-order chi connectivity index (χ0) is 10.8. The molecule has 0 radical (unpaired) electrons. The van der Waals surface area contributed by atoms with Gasteiger partial charge in [-0.3, -0.25) is 0 Å². The van der Waals surface area contributed by atoms with E-state index in [-0.39, 0.29) is 6.04 Å². The van der Waals surface area contributed by atoms with E-state index in [0.717, 1.165) is 20.5 Å². The second-order valence-corrected chi connectivity index (χ2v) is 4.92. The fraction of sp³-hybridized carbons (Fsp3) is 0.100. The molecule has 5 heteroatoms. The predicted molar refractivity (Wildman–Crippen MR) is 66.5 cm³/mol. The van der Waals surface area contributed by atoms with Crippen molar-refractivity contribution in [2.24, 2.45) is 5.73 Å². The Morgan fingerprint density at radius 1 is 1.33 bits per heavy atom. The van der Waals surface area contributed by atoms with Crippen LogP contribution in [0.25, 0.3) is 0 Å². The fourth-order valence-electron chi connectivity index (χ4n) is 1.33. The number of nitrogens with one attached hydrogen (secondary N) is 1. The SMILES string of the molecule is NC(c1cccc(Br)c1)c1ncc(Br)[nH]1. The quantitative estimate of drug-likeness (QED) is 0.889. The second-order valence-electron chi connectivity index (χ2n) is 3.15. The van der Waals surface area contributed by atoms with Gasteiger partial charge in [0.05, 0.1) is 12.2 Å². The number of benzene rings is 1. The zero-order valence-electron chi connectivity index (χ0n) is 7.74. The van der Waals surface area contributed by atoms with Gasteiger partial charge in [-0.2, -0.15) is 0 Å². The third-order valence-corrected chi connectivity index (χ3v) is 2.96. The van der Waals surface area contributed by atoms with Crippen molar-refractivity contribution >= 4 is 31.9 Å². The molecule has 0 fully saturated rings. The van der Waals surface area contributed by atoms with Crippen LogP contribution >= 0.6 is 31.9 Å². The summed E-state index contributed by atoms with van der Waals surface area (Å²) in [4.78, 5) is 7.24. The van der Waals surface area contributed by atoms with Crippen LogP contribution in [0.15, 0.2) is 39.5 Å². The molecule has 1 aromatic heterocycles. The highest BCUT2D eigenvalue weighted by molar-refractivity contribution is 9.10. The van der Waals surface area contributed by atoms with Crippen LogP contribution in [-0.4, -0.2) is 9.97 Å². The molecule has 15 heavy (non-hydrogen) atoms. The standard InChI is InChI=1S/C10H9Br2N3/c11-7-3-1-2-6(4-7)9(13)10-14-5-8(12)15-10/h1-5,9H,13H2,(H,14,15). The van der Waals surface area contributed by atoms with Crippen molar-refractivity contribution in [2.75, 3.05) is 0 Å². The summed E-state index contributed by atoms with van der Waals surface area (Å²) in [6.07, 6.45) is 1.70. The predicted octanol–water partition coefficient (Wildman–Crippen LogP) is 2.98. The lowest BCUT2D eigenvalue weighted by Gasteiger charge is -2.09. The summed E-state index contributed by atoms with van der Waals surface area (Å²) in [7, 11) is 0. The number of aromatic amines is 1. The lowest BCUT2D eigenvalue weighted by molar-refractivity contribution is 0.799. The highest BCUT2D eigenvalue weighted by atomic mass is 79.9. The number of rotatable bonds is 2. The van der Waals surface area contributed by atoms with Crippen LogP contribution in [0.3, 0.4) is 0 Å². The molecule has 0 spiro atoms. The van der Waals surface area contributed by atoms with Crippen molar-refractivity contribution in [3.8, 4) is 0 Å². The van der Waals surface area contributed by atoms with E-state index in [2.05, 4.69) is 41.8 Å². The molecule has 0 aliphatic heterocycles. The Morgan fingerprint density at radius 3 is 2.73 bits per heavy atom. The largest absolute Gasteiger partial charge is 0.335 e. The van der Waals surface area contributed by atoms with Gasteiger partial charge < -0.3 is 10.7 Å². The van der Waals surface area contributed by atoms with E-state index < -0.39 is 0 Å². The molecule has 1 aromatic carbocycles. The van der Waals surface area contributed by atoms with Gasteiger partial charge in [0.2, 0.25) is 0 Å². The molecule has 0 aliphatic carbocycles. The number of hydrogen-bond donors (Lipinski definition) is 2. The maximum absolute atomic E-state index is 6.06. The first-order chi connectivity index (χ1) is 7.16. The normalized spacial score (nSPS) is 12.7. The number of nitrogens with zero attached hydrogens (tertiary/aromatic N) is 1. The number of hydrogen-bond acceptors (Lipinski definition) is 2. The highest BCUT2D eigenvalue weighted by Crippen LogP contribution is 2.21. The first-order valence-corrected chi connectivity index (χ1v) is 5.97. The topological polar surface area (TPSA) is 54.7 Å². The Bertz CT molecular complexity index is 467. The molecule has 0 bridgehead atoms. The van der Waals surface area contributed by atoms with E-state index in [1.807, 2.05) is 24.3 Å². The van der Waals surface area contributed by atoms with Crippen molar-refractivity contribution in [1.29, 1.82) is 0 Å². The first kappa shape index (κ1) is 10.9. The minimum Gasteiger partial charge on any atom is -0.335 e. The van der Waals surface area contributed by atoms with Crippen molar-refractivity contribution in [3.63, 3.8) is 0 Å². The van der Waals surface area contributed by atoms with Gasteiger partial charge in [-0.05, 0) is 33.6 Å². The Morgan fingerprint density at radius 2 is 2.13 bits per heavy atom. The summed E-state index contributed by atoms with van der Waals surface area (Å²) in [5.74, 6) is 0.750. The van der Waals surface area contributed by atoms with Crippen LogP contribution in [0, 0.1) is 0 Å². The van der Waals surface area contributed by atoms with Crippen molar-refractivity contribution in [2.45, 2.75) is 6.04 Å². The Kier molecular flexibility index (Phi) is 3.23. The van der Waals surface area contributed by atoms with E-state index in [1.165, 1.54) is 0 Å². The molecular formula is C10H9Br2N3. The van der Waals surface area contributed by atoms with Gasteiger partial charge in [0.25, 0.3) is 0 Å². The van der Waals surface area contributed by atoms with Gasteiger partial charge in [-0.1, -0.05) is 28.1 Å². The average molecular weight is 331 g/mol. The maximum atomic E-state index is 6.06. The van der Waals surface area contributed by atoms with Crippen LogP contribution in [0.5, 0.6) is 0 Å². The van der Waals surface area contributed by atoms with E-state index in [0.29, 0.717) is 0 Å². The third-order valence-electron chi connectivity index (χ3n) is 2.07. The molecule has 2 aromatic rings. The summed E-state index contributed by atoms with van der Waals surface area (Å²) in [5, 5.41) is 0. The summed E-state index contributed by atoms with van der Waals surface area (Å²) < 4.78 is 1.85. The van der Waals surface area contributed by atoms with Crippen molar-refractivity contribution < 1.29 is 0 Å². The smallest absolute Gasteiger partial charge is 0.128 e. The minimum absolute atomic E-state index is 0.228. The lowest BCUT2D eigenvalue weighted by Crippen LogP contribution is -2.13. The fourth-order valence-corrected chi connectivity index (χ4v) is 2.05. The van der Waals surface area contributed by atoms with Gasteiger partial charge in [0.1, 0.15) is 10.4 Å². The maximum Gasteiger partial charge on any atom is 0.128 e. The van der Waals surface area contributed by atoms with Gasteiger partial charge in [-0.25, -0.2) is 4.98 Å². The monoisotopic (exact) mass is 329 g/mol. The van der Waals surface area contributed by atoms with E-state index in [4.69, 9.17) is 5.73 Å². The molecule has 1 atom stereocenters. The summed E-state index contributed by atoms with van der Waals surface area (Å²) in [6.45, 7) is 0. The molecule has 0 saturated carbocycles. The van der Waals surface area contributed by atoms with Crippen molar-refractivity contribution in [1.82, 2.24) is 9.97 Å². The van der Waals surface area contributed by atoms with E-state index >= 15 is 0 Å². The van der Waals surface area contributed by atoms with Crippen LogP contribution in [0.4, 0.5) is 0 Å². The molecule has 1 unspecified atom stereocenters. The highest BCUT2D eigenvalue weighted by Gasteiger charge is 2.12. The van der Waals surface area contributed by atoms with Gasteiger partial charge >= 0.3 is 0 Å². The molecule has 78 valence electrons. The molecule has 3 nitrogen and oxygen atoms in total. The van der Waals surface area contributed by atoms with E-state index in [9.17, 15) is 0 Å². The number of aromatic nitrogens is 2. The van der Waals surface area contributed by atoms with E-state index in [1.54, 1.807) is 6.20 Å². The van der Waals surface area contributed by atoms with Crippen molar-refractivity contribution in [3.05, 3.63) is 50.9 Å². The molecule has 2 rings (SSSR count). The second kappa shape index (κ2) is 4.47. The van der Waals surface area contributed by atoms with Crippen LogP contribution in [-0.2, 0) is 0 Å². The zero-order valence-corrected chi connectivity index (χ0v) is 10.9. The summed E-state index contributed by atoms with van der Waals surface area (Å²) >= 11 is 6.72. The average Bonchev–Trinajstić information content (AvgIpc) is 2.64. The lowest BCUT2D eigenvalue weighted by atomic mass is 10.1. The molecular weight excluding hydrogens is 322 g/mol. The number of H-pyrrole nitrogens is 1. The first-order valence-electron chi connectivity index (χ1n) is 4.38. The van der Waals surface area contributed by atoms with Gasteiger partial charge in [0, 0.05) is 4.47 Å². The van der Waals surface area contributed by atoms with Crippen LogP contribution < -0.4 is 5.73 Å². The Hall–Kier alpha value is -0.650. The number of halogens is 2. The number of imidazole rings is 1. The van der Waals surface area contributed by atoms with Gasteiger partial charge in [0.15, 0.2) is 0 Å². The van der Waals surface area contributed by atoms with Crippen LogP contribution in [0.1, 0.15) is 17.4 Å². The van der Waals surface area contributed by atoms with Gasteiger partial charge in [-0.15, -0.1) is 0 Å². The molecule has 1 heterocycles. The summed E-state index contributed by atoms with van der Waals surface area (Å²) in [5.41, 5.74) is 7.08. The third kappa shape index (κ3) is 2.48. The van der Waals surface area contributed by atoms with Crippen LogP contribution in [0.2, 0.25) is 0 Å². The molecule has 0 aliphatic rings. The molecule has 3 N–H and O–H groups in total. The number of nitrogens with two attached hydrogens (primary N) is 1. The summed E-state index contributed by atoms with van der Waals surface area (Å²) in [6, 6.07) is 7.66.